The largest absolute Gasteiger partial charge is 0.376 e. The van der Waals surface area contributed by atoms with Crippen LogP contribution in [-0.2, 0) is 0 Å². The normalized spacial score (nSPS) is 12.5. The van der Waals surface area contributed by atoms with Gasteiger partial charge in [-0.2, -0.15) is 11.3 Å². The Kier molecular flexibility index (Phi) is 2.84. The van der Waals surface area contributed by atoms with E-state index < -0.39 is 0 Å². The van der Waals surface area contributed by atoms with Crippen molar-refractivity contribution >= 4 is 28.7 Å². The lowest BCUT2D eigenvalue weighted by molar-refractivity contribution is 0.723. The lowest BCUT2D eigenvalue weighted by Gasteiger charge is -2.11. The van der Waals surface area contributed by atoms with Crippen LogP contribution >= 0.6 is 23.6 Å². The summed E-state index contributed by atoms with van der Waals surface area (Å²) in [5, 5.41) is 7.43. The topological polar surface area (TPSA) is 38.0 Å². The van der Waals surface area contributed by atoms with Crippen LogP contribution in [0.15, 0.2) is 16.8 Å². The molecule has 1 aromatic heterocycles. The molecule has 1 rings (SSSR count). The number of nitrogens with one attached hydrogen (secondary N) is 1. The second-order valence-electron chi connectivity index (χ2n) is 2.29. The molecule has 0 spiro atoms. The van der Waals surface area contributed by atoms with Gasteiger partial charge in [0.25, 0.3) is 0 Å². The molecule has 1 aromatic rings. The van der Waals surface area contributed by atoms with E-state index in [1.165, 1.54) is 5.56 Å². The Hall–Kier alpha value is -0.610. The van der Waals surface area contributed by atoms with Crippen LogP contribution in [0.5, 0.6) is 0 Å². The van der Waals surface area contributed by atoms with Gasteiger partial charge in [-0.15, -0.1) is 0 Å². The van der Waals surface area contributed by atoms with Crippen molar-refractivity contribution in [3.63, 3.8) is 0 Å². The molecule has 0 radical (unpaired) electrons. The summed E-state index contributed by atoms with van der Waals surface area (Å²) in [6, 6.07) is 2.28. The molecule has 0 fully saturated rings. The molecule has 1 atom stereocenters. The van der Waals surface area contributed by atoms with E-state index in [-0.39, 0.29) is 6.04 Å². The fourth-order valence-electron chi connectivity index (χ4n) is 0.818. The van der Waals surface area contributed by atoms with E-state index in [9.17, 15) is 0 Å². The van der Waals surface area contributed by atoms with Crippen LogP contribution < -0.4 is 11.1 Å². The summed E-state index contributed by atoms with van der Waals surface area (Å²) in [5.74, 6) is 0. The number of thiophene rings is 1. The van der Waals surface area contributed by atoms with Gasteiger partial charge in [0.1, 0.15) is 0 Å². The molecule has 0 amide bonds. The van der Waals surface area contributed by atoms with Gasteiger partial charge in [0, 0.05) is 0 Å². The Morgan fingerprint density at radius 1 is 1.82 bits per heavy atom. The molecule has 0 aliphatic heterocycles. The molecule has 0 aromatic carbocycles. The molecular formula is C7H10N2S2. The van der Waals surface area contributed by atoms with E-state index in [4.69, 9.17) is 18.0 Å². The van der Waals surface area contributed by atoms with E-state index >= 15 is 0 Å². The van der Waals surface area contributed by atoms with E-state index in [2.05, 4.69) is 16.8 Å². The SMILES string of the molecule is CC(NC(N)=S)c1ccsc1. The number of hydrogen-bond donors (Lipinski definition) is 2. The lowest BCUT2D eigenvalue weighted by Crippen LogP contribution is -2.31. The summed E-state index contributed by atoms with van der Waals surface area (Å²) in [5.41, 5.74) is 6.55. The number of nitrogens with two attached hydrogens (primary N) is 1. The van der Waals surface area contributed by atoms with Gasteiger partial charge in [-0.1, -0.05) is 0 Å². The average molecular weight is 186 g/mol. The maximum Gasteiger partial charge on any atom is 0.164 e. The maximum absolute atomic E-state index is 5.32. The van der Waals surface area contributed by atoms with Crippen LogP contribution in [-0.4, -0.2) is 5.11 Å². The predicted octanol–water partition coefficient (Wildman–Crippen LogP) is 1.64. The van der Waals surface area contributed by atoms with Crippen LogP contribution in [0.2, 0.25) is 0 Å². The van der Waals surface area contributed by atoms with Gasteiger partial charge in [-0.25, -0.2) is 0 Å². The third kappa shape index (κ3) is 2.48. The second-order valence-corrected chi connectivity index (χ2v) is 3.51. The van der Waals surface area contributed by atoms with Crippen molar-refractivity contribution in [1.29, 1.82) is 0 Å². The third-order valence-electron chi connectivity index (χ3n) is 1.40. The smallest absolute Gasteiger partial charge is 0.164 e. The monoisotopic (exact) mass is 186 g/mol. The van der Waals surface area contributed by atoms with Crippen molar-refractivity contribution < 1.29 is 0 Å². The number of rotatable bonds is 2. The van der Waals surface area contributed by atoms with Crippen LogP contribution in [0.3, 0.4) is 0 Å². The number of hydrogen-bond acceptors (Lipinski definition) is 2. The second kappa shape index (κ2) is 3.69. The van der Waals surface area contributed by atoms with Gasteiger partial charge < -0.3 is 11.1 Å². The highest BCUT2D eigenvalue weighted by atomic mass is 32.1. The average Bonchev–Trinajstić information content (AvgIpc) is 2.35. The first-order valence-electron chi connectivity index (χ1n) is 3.28. The van der Waals surface area contributed by atoms with E-state index in [1.54, 1.807) is 11.3 Å². The van der Waals surface area contributed by atoms with Crippen LogP contribution in [0.25, 0.3) is 0 Å². The summed E-state index contributed by atoms with van der Waals surface area (Å²) in [6.45, 7) is 2.03. The summed E-state index contributed by atoms with van der Waals surface area (Å²) in [7, 11) is 0. The quantitative estimate of drug-likeness (QED) is 0.690. The predicted molar refractivity (Wildman–Crippen MR) is 52.7 cm³/mol. The zero-order chi connectivity index (χ0) is 8.27. The Bertz CT molecular complexity index is 231. The highest BCUT2D eigenvalue weighted by molar-refractivity contribution is 7.80. The van der Waals surface area contributed by atoms with Gasteiger partial charge in [0.2, 0.25) is 0 Å². The molecule has 0 saturated carbocycles. The first-order valence-corrected chi connectivity index (χ1v) is 4.63. The molecule has 0 saturated heterocycles. The summed E-state index contributed by atoms with van der Waals surface area (Å²) in [6.07, 6.45) is 0. The maximum atomic E-state index is 5.32. The third-order valence-corrected chi connectivity index (χ3v) is 2.22. The molecule has 11 heavy (non-hydrogen) atoms. The highest BCUT2D eigenvalue weighted by Gasteiger charge is 2.03. The Labute approximate surface area is 75.4 Å². The molecule has 4 heteroatoms. The first kappa shape index (κ1) is 8.49. The van der Waals surface area contributed by atoms with Crippen LogP contribution in [0, 0.1) is 0 Å². The van der Waals surface area contributed by atoms with Crippen molar-refractivity contribution in [3.05, 3.63) is 22.4 Å². The fraction of sp³-hybridized carbons (Fsp3) is 0.286. The molecule has 0 aliphatic carbocycles. The van der Waals surface area contributed by atoms with Gasteiger partial charge in [0.15, 0.2) is 5.11 Å². The summed E-state index contributed by atoms with van der Waals surface area (Å²) in [4.78, 5) is 0. The van der Waals surface area contributed by atoms with Gasteiger partial charge in [-0.05, 0) is 41.5 Å². The molecule has 2 nitrogen and oxygen atoms in total. The van der Waals surface area contributed by atoms with Gasteiger partial charge in [-0.3, -0.25) is 0 Å². The summed E-state index contributed by atoms with van der Waals surface area (Å²) >= 11 is 6.39. The zero-order valence-electron chi connectivity index (χ0n) is 6.20. The molecule has 0 aliphatic rings. The van der Waals surface area contributed by atoms with Crippen molar-refractivity contribution in [2.45, 2.75) is 13.0 Å². The Balaban J connectivity index is 2.56. The molecule has 3 N–H and O–H groups in total. The first-order chi connectivity index (χ1) is 5.20. The number of thiocarbonyl (C=S) groups is 1. The standard InChI is InChI=1S/C7H10N2S2/c1-5(9-7(8)10)6-2-3-11-4-6/h2-5H,1H3,(H3,8,9,10). The molecule has 60 valence electrons. The van der Waals surface area contributed by atoms with Crippen molar-refractivity contribution in [3.8, 4) is 0 Å². The van der Waals surface area contributed by atoms with Crippen molar-refractivity contribution in [2.24, 2.45) is 5.73 Å². The summed E-state index contributed by atoms with van der Waals surface area (Å²) < 4.78 is 0. The van der Waals surface area contributed by atoms with E-state index in [0.717, 1.165) is 0 Å². The Morgan fingerprint density at radius 2 is 2.55 bits per heavy atom. The molecule has 1 heterocycles. The van der Waals surface area contributed by atoms with Crippen LogP contribution in [0.4, 0.5) is 0 Å². The van der Waals surface area contributed by atoms with E-state index in [0.29, 0.717) is 5.11 Å². The van der Waals surface area contributed by atoms with Crippen LogP contribution in [0.1, 0.15) is 18.5 Å². The van der Waals surface area contributed by atoms with Gasteiger partial charge >= 0.3 is 0 Å². The van der Waals surface area contributed by atoms with Gasteiger partial charge in [0.05, 0.1) is 6.04 Å². The van der Waals surface area contributed by atoms with Crippen molar-refractivity contribution in [1.82, 2.24) is 5.32 Å². The minimum Gasteiger partial charge on any atom is -0.376 e. The molecule has 1 unspecified atom stereocenters. The van der Waals surface area contributed by atoms with Crippen molar-refractivity contribution in [2.75, 3.05) is 0 Å². The highest BCUT2D eigenvalue weighted by Crippen LogP contribution is 2.14. The molecule has 0 bridgehead atoms. The minimum atomic E-state index is 0.221. The lowest BCUT2D eigenvalue weighted by atomic mass is 10.2. The Morgan fingerprint density at radius 3 is 3.00 bits per heavy atom. The minimum absolute atomic E-state index is 0.221. The molecular weight excluding hydrogens is 176 g/mol. The fourth-order valence-corrected chi connectivity index (χ4v) is 1.75. The van der Waals surface area contributed by atoms with E-state index in [1.807, 2.05) is 12.3 Å². The zero-order valence-corrected chi connectivity index (χ0v) is 7.84.